The molecule has 2 N–H and O–H groups in total. The molecule has 1 amide bonds. The summed E-state index contributed by atoms with van der Waals surface area (Å²) in [6, 6.07) is 11.1. The van der Waals surface area contributed by atoms with Gasteiger partial charge >= 0.3 is 6.09 Å². The SMILES string of the molecule is CC(=Nc1ccc2c(c1)[C@@H](NC(=O)OC(C)(C)C)[C@H](O)C2)N(C)CCOc1ccc(F)cc1. The van der Waals surface area contributed by atoms with Gasteiger partial charge in [-0.15, -0.1) is 0 Å². The van der Waals surface area contributed by atoms with Gasteiger partial charge in [0.05, 0.1) is 24.4 Å². The lowest BCUT2D eigenvalue weighted by Crippen LogP contribution is -2.38. The summed E-state index contributed by atoms with van der Waals surface area (Å²) in [5, 5.41) is 13.3. The minimum Gasteiger partial charge on any atom is -0.492 e. The number of hydrogen-bond acceptors (Lipinski definition) is 5. The lowest BCUT2D eigenvalue weighted by Gasteiger charge is -2.23. The number of aliphatic imine (C=N–C) groups is 1. The maximum Gasteiger partial charge on any atom is 0.408 e. The zero-order valence-electron chi connectivity index (χ0n) is 19.8. The van der Waals surface area contributed by atoms with E-state index in [9.17, 15) is 14.3 Å². The highest BCUT2D eigenvalue weighted by Gasteiger charge is 2.33. The van der Waals surface area contributed by atoms with Crippen molar-refractivity contribution in [3.05, 3.63) is 59.4 Å². The fourth-order valence-corrected chi connectivity index (χ4v) is 3.55. The number of halogens is 1. The normalized spacial score (nSPS) is 18.0. The summed E-state index contributed by atoms with van der Waals surface area (Å²) in [7, 11) is 1.91. The van der Waals surface area contributed by atoms with Crippen molar-refractivity contribution in [1.29, 1.82) is 0 Å². The van der Waals surface area contributed by atoms with Crippen molar-refractivity contribution in [3.8, 4) is 5.75 Å². The molecule has 1 aliphatic rings. The van der Waals surface area contributed by atoms with Crippen LogP contribution in [-0.2, 0) is 11.2 Å². The second kappa shape index (κ2) is 10.2. The van der Waals surface area contributed by atoms with E-state index in [1.165, 1.54) is 12.1 Å². The van der Waals surface area contributed by atoms with Crippen molar-refractivity contribution < 1.29 is 23.8 Å². The van der Waals surface area contributed by atoms with Crippen LogP contribution in [0.3, 0.4) is 0 Å². The minimum absolute atomic E-state index is 0.298. The molecule has 0 heterocycles. The Balaban J connectivity index is 1.63. The van der Waals surface area contributed by atoms with E-state index in [4.69, 9.17) is 9.47 Å². The smallest absolute Gasteiger partial charge is 0.408 e. The molecular weight excluding hydrogens is 425 g/mol. The third-order valence-corrected chi connectivity index (χ3v) is 5.30. The second-order valence-electron chi connectivity index (χ2n) is 9.16. The quantitative estimate of drug-likeness (QED) is 0.497. The summed E-state index contributed by atoms with van der Waals surface area (Å²) in [6.45, 7) is 8.30. The Morgan fingerprint density at radius 2 is 1.94 bits per heavy atom. The van der Waals surface area contributed by atoms with Crippen LogP contribution in [0.4, 0.5) is 14.9 Å². The maximum absolute atomic E-state index is 13.0. The first-order valence-electron chi connectivity index (χ1n) is 11.0. The predicted octanol–water partition coefficient (Wildman–Crippen LogP) is 4.37. The number of amidine groups is 1. The molecule has 178 valence electrons. The van der Waals surface area contributed by atoms with E-state index in [1.807, 2.05) is 37.1 Å². The average Bonchev–Trinajstić information content (AvgIpc) is 3.02. The van der Waals surface area contributed by atoms with Gasteiger partial charge in [-0.2, -0.15) is 0 Å². The highest BCUT2D eigenvalue weighted by atomic mass is 19.1. The van der Waals surface area contributed by atoms with Crippen molar-refractivity contribution >= 4 is 17.6 Å². The van der Waals surface area contributed by atoms with E-state index in [0.717, 1.165) is 22.6 Å². The summed E-state index contributed by atoms with van der Waals surface area (Å²) in [4.78, 5) is 18.9. The number of likely N-dealkylation sites (N-methyl/N-ethyl adjacent to an activating group) is 1. The molecular formula is C25H32FN3O4. The van der Waals surface area contributed by atoms with Gasteiger partial charge in [0, 0.05) is 13.5 Å². The number of alkyl carbamates (subject to hydrolysis) is 1. The number of aliphatic hydroxyl groups is 1. The number of amides is 1. The fraction of sp³-hybridized carbons (Fsp3) is 0.440. The number of benzene rings is 2. The molecule has 0 bridgehead atoms. The number of carbonyl (C=O) groups excluding carboxylic acids is 1. The van der Waals surface area contributed by atoms with E-state index in [0.29, 0.717) is 25.3 Å². The maximum atomic E-state index is 13.0. The zero-order valence-corrected chi connectivity index (χ0v) is 19.8. The Labute approximate surface area is 194 Å². The van der Waals surface area contributed by atoms with Crippen LogP contribution in [0.25, 0.3) is 0 Å². The molecule has 7 nitrogen and oxygen atoms in total. The van der Waals surface area contributed by atoms with Crippen LogP contribution < -0.4 is 10.1 Å². The first-order valence-corrected chi connectivity index (χ1v) is 11.0. The topological polar surface area (TPSA) is 83.4 Å². The van der Waals surface area contributed by atoms with Gasteiger partial charge in [0.1, 0.15) is 29.6 Å². The molecule has 0 unspecified atom stereocenters. The molecule has 0 spiro atoms. The van der Waals surface area contributed by atoms with Gasteiger partial charge in [-0.3, -0.25) is 0 Å². The lowest BCUT2D eigenvalue weighted by atomic mass is 10.1. The van der Waals surface area contributed by atoms with Crippen LogP contribution in [0.15, 0.2) is 47.5 Å². The molecule has 8 heteroatoms. The molecule has 2 aromatic rings. The summed E-state index contributed by atoms with van der Waals surface area (Å²) in [5.41, 5.74) is 1.92. The van der Waals surface area contributed by atoms with Crippen LogP contribution in [0.5, 0.6) is 5.75 Å². The largest absolute Gasteiger partial charge is 0.492 e. The van der Waals surface area contributed by atoms with Gasteiger partial charge in [0.15, 0.2) is 0 Å². The van der Waals surface area contributed by atoms with Gasteiger partial charge in [-0.1, -0.05) is 6.07 Å². The first-order chi connectivity index (χ1) is 15.5. The highest BCUT2D eigenvalue weighted by molar-refractivity contribution is 5.82. The van der Waals surface area contributed by atoms with Crippen molar-refractivity contribution in [3.63, 3.8) is 0 Å². The molecule has 3 rings (SSSR count). The fourth-order valence-electron chi connectivity index (χ4n) is 3.55. The van der Waals surface area contributed by atoms with E-state index in [1.54, 1.807) is 32.9 Å². The lowest BCUT2D eigenvalue weighted by molar-refractivity contribution is 0.0438. The Bertz CT molecular complexity index is 1000. The Kier molecular flexibility index (Phi) is 7.58. The number of aliphatic hydroxyl groups excluding tert-OH is 1. The summed E-state index contributed by atoms with van der Waals surface area (Å²) in [5.74, 6) is 1.10. The van der Waals surface area contributed by atoms with Gasteiger partial charge in [-0.05, 0) is 75.2 Å². The molecule has 2 aromatic carbocycles. The van der Waals surface area contributed by atoms with Gasteiger partial charge < -0.3 is 24.8 Å². The number of nitrogens with zero attached hydrogens (tertiary/aromatic N) is 2. The summed E-state index contributed by atoms with van der Waals surface area (Å²) < 4.78 is 24.0. The molecule has 0 radical (unpaired) electrons. The first kappa shape index (κ1) is 24.5. The molecule has 1 aliphatic carbocycles. The van der Waals surface area contributed by atoms with Gasteiger partial charge in [0.25, 0.3) is 0 Å². The Hall–Kier alpha value is -3.13. The van der Waals surface area contributed by atoms with Crippen molar-refractivity contribution in [2.45, 2.75) is 51.9 Å². The number of rotatable bonds is 6. The number of ether oxygens (including phenoxy) is 2. The van der Waals surface area contributed by atoms with Crippen LogP contribution in [0.2, 0.25) is 0 Å². The summed E-state index contributed by atoms with van der Waals surface area (Å²) >= 11 is 0. The van der Waals surface area contributed by atoms with E-state index in [2.05, 4.69) is 10.3 Å². The molecule has 0 saturated carbocycles. The van der Waals surface area contributed by atoms with Crippen LogP contribution >= 0.6 is 0 Å². The van der Waals surface area contributed by atoms with E-state index in [-0.39, 0.29) is 5.82 Å². The Morgan fingerprint density at radius 3 is 2.61 bits per heavy atom. The third kappa shape index (κ3) is 6.92. The van der Waals surface area contributed by atoms with Crippen molar-refractivity contribution in [2.75, 3.05) is 20.2 Å². The standard InChI is InChI=1S/C25H32FN3O4/c1-16(29(5)12-13-32-20-10-7-18(26)8-11-20)27-19-9-6-17-14-22(30)23(21(17)15-19)28-24(31)33-25(2,3)4/h6-11,15,22-23,30H,12-14H2,1-5H3,(H,28,31)/t22-,23-/m1/s1. The minimum atomic E-state index is -0.723. The number of nitrogens with one attached hydrogen (secondary N) is 1. The molecule has 0 aliphatic heterocycles. The summed E-state index contributed by atoms with van der Waals surface area (Å²) in [6.07, 6.45) is -0.830. The van der Waals surface area contributed by atoms with E-state index >= 15 is 0 Å². The monoisotopic (exact) mass is 457 g/mol. The molecule has 0 saturated heterocycles. The number of fused-ring (bicyclic) bond motifs is 1. The van der Waals surface area contributed by atoms with Crippen molar-refractivity contribution in [1.82, 2.24) is 10.2 Å². The predicted molar refractivity (Wildman–Crippen MR) is 126 cm³/mol. The van der Waals surface area contributed by atoms with Gasteiger partial charge in [0.2, 0.25) is 0 Å². The van der Waals surface area contributed by atoms with Crippen molar-refractivity contribution in [2.24, 2.45) is 4.99 Å². The highest BCUT2D eigenvalue weighted by Crippen LogP contribution is 2.34. The Morgan fingerprint density at radius 1 is 1.24 bits per heavy atom. The van der Waals surface area contributed by atoms with Crippen LogP contribution in [0, 0.1) is 5.82 Å². The van der Waals surface area contributed by atoms with E-state index < -0.39 is 23.8 Å². The number of hydrogen-bond donors (Lipinski definition) is 2. The molecule has 33 heavy (non-hydrogen) atoms. The molecule has 0 fully saturated rings. The zero-order chi connectivity index (χ0) is 24.2. The average molecular weight is 458 g/mol. The van der Waals surface area contributed by atoms with Crippen LogP contribution in [-0.4, -0.2) is 53.8 Å². The third-order valence-electron chi connectivity index (χ3n) is 5.30. The molecule has 0 aromatic heterocycles. The second-order valence-corrected chi connectivity index (χ2v) is 9.16. The number of carbonyl (C=O) groups is 1. The molecule has 2 atom stereocenters. The van der Waals surface area contributed by atoms with Gasteiger partial charge in [-0.25, -0.2) is 14.2 Å². The van der Waals surface area contributed by atoms with Crippen LogP contribution in [0.1, 0.15) is 44.9 Å².